The Hall–Kier alpha value is -3.56. The second-order valence-electron chi connectivity index (χ2n) is 5.87. The average Bonchev–Trinajstić information content (AvgIpc) is 3.33. The molecule has 0 fully saturated rings. The van der Waals surface area contributed by atoms with E-state index in [1.165, 1.54) is 18.3 Å². The first-order valence-electron chi connectivity index (χ1n) is 8.17. The van der Waals surface area contributed by atoms with Crippen molar-refractivity contribution >= 4 is 5.91 Å². The summed E-state index contributed by atoms with van der Waals surface area (Å²) in [5.74, 6) is 0.161. The second kappa shape index (κ2) is 6.87. The van der Waals surface area contributed by atoms with Gasteiger partial charge >= 0.3 is 6.18 Å². The molecule has 4 rings (SSSR count). The number of aromatic nitrogens is 3. The van der Waals surface area contributed by atoms with Crippen molar-refractivity contribution in [3.05, 3.63) is 65.6 Å². The number of hydrogen-bond donors (Lipinski definition) is 1. The molecule has 1 N–H and O–H groups in total. The molecule has 1 aromatic carbocycles. The predicted molar refractivity (Wildman–Crippen MR) is 90.1 cm³/mol. The third-order valence-electron chi connectivity index (χ3n) is 4.04. The minimum absolute atomic E-state index is 0.0154. The van der Waals surface area contributed by atoms with E-state index in [0.717, 1.165) is 6.20 Å². The number of fused-ring (bicyclic) bond motifs is 1. The van der Waals surface area contributed by atoms with Crippen LogP contribution in [0, 0.1) is 0 Å². The molecule has 0 atom stereocenters. The van der Waals surface area contributed by atoms with Crippen LogP contribution >= 0.6 is 0 Å². The summed E-state index contributed by atoms with van der Waals surface area (Å²) in [5.41, 5.74) is -1.11. The summed E-state index contributed by atoms with van der Waals surface area (Å²) in [6.07, 6.45) is -2.57. The summed E-state index contributed by atoms with van der Waals surface area (Å²) in [4.78, 5) is 16.3. The third kappa shape index (κ3) is 3.36. The number of carbonyl (C=O) groups excluding carboxylic acids is 1. The number of nitrogens with one attached hydrogen (secondary N) is 1. The quantitative estimate of drug-likeness (QED) is 0.741. The van der Waals surface area contributed by atoms with Crippen LogP contribution in [0.5, 0.6) is 11.5 Å². The Kier molecular flexibility index (Phi) is 4.38. The van der Waals surface area contributed by atoms with Gasteiger partial charge in [-0.15, -0.1) is 0 Å². The van der Waals surface area contributed by atoms with Gasteiger partial charge < -0.3 is 14.8 Å². The highest BCUT2D eigenvalue weighted by Crippen LogP contribution is 2.34. The van der Waals surface area contributed by atoms with Crippen molar-refractivity contribution in [3.8, 4) is 17.3 Å². The summed E-state index contributed by atoms with van der Waals surface area (Å²) >= 11 is 0. The molecule has 0 aliphatic carbocycles. The van der Waals surface area contributed by atoms with E-state index in [9.17, 15) is 18.0 Å². The van der Waals surface area contributed by atoms with Crippen molar-refractivity contribution in [1.29, 1.82) is 0 Å². The maximum atomic E-state index is 13.6. The Labute approximate surface area is 156 Å². The van der Waals surface area contributed by atoms with Crippen molar-refractivity contribution < 1.29 is 27.4 Å². The number of pyridine rings is 1. The number of ether oxygens (including phenoxy) is 2. The van der Waals surface area contributed by atoms with Crippen LogP contribution < -0.4 is 14.8 Å². The first-order valence-corrected chi connectivity index (χ1v) is 8.17. The molecule has 1 amide bonds. The number of halogens is 3. The molecule has 7 nitrogen and oxygen atoms in total. The molecule has 0 spiro atoms. The Balaban J connectivity index is 1.58. The first kappa shape index (κ1) is 17.8. The lowest BCUT2D eigenvalue weighted by atomic mass is 10.2. The van der Waals surface area contributed by atoms with Crippen molar-refractivity contribution in [2.75, 3.05) is 6.79 Å². The summed E-state index contributed by atoms with van der Waals surface area (Å²) in [5, 5.41) is 6.19. The molecular weight excluding hydrogens is 377 g/mol. The number of hydrogen-bond acceptors (Lipinski definition) is 5. The lowest BCUT2D eigenvalue weighted by Crippen LogP contribution is -2.26. The molecule has 3 heterocycles. The summed E-state index contributed by atoms with van der Waals surface area (Å²) in [7, 11) is 0. The van der Waals surface area contributed by atoms with Crippen LogP contribution in [0.3, 0.4) is 0 Å². The fraction of sp³-hybridized carbons (Fsp3) is 0.167. The standard InChI is InChI=1S/C18H13F3N4O3/c19-18(20,21)16-12(9-24-25(16)15-3-1-2-6-22-15)17(26)23-8-11-4-5-13-14(7-11)28-10-27-13/h1-7,9H,8,10H2,(H,23,26). The predicted octanol–water partition coefficient (Wildman–Crippen LogP) is 2.94. The topological polar surface area (TPSA) is 78.3 Å². The van der Waals surface area contributed by atoms with Crippen LogP contribution in [0.2, 0.25) is 0 Å². The van der Waals surface area contributed by atoms with Crippen LogP contribution in [-0.4, -0.2) is 27.5 Å². The van der Waals surface area contributed by atoms with Gasteiger partial charge in [0, 0.05) is 12.7 Å². The lowest BCUT2D eigenvalue weighted by molar-refractivity contribution is -0.143. The van der Waals surface area contributed by atoms with E-state index in [2.05, 4.69) is 15.4 Å². The van der Waals surface area contributed by atoms with E-state index in [4.69, 9.17) is 9.47 Å². The maximum Gasteiger partial charge on any atom is 0.434 e. The van der Waals surface area contributed by atoms with Gasteiger partial charge in [-0.1, -0.05) is 12.1 Å². The third-order valence-corrected chi connectivity index (χ3v) is 4.04. The van der Waals surface area contributed by atoms with Gasteiger partial charge in [-0.3, -0.25) is 4.79 Å². The smallest absolute Gasteiger partial charge is 0.434 e. The minimum atomic E-state index is -4.79. The van der Waals surface area contributed by atoms with E-state index in [0.29, 0.717) is 21.7 Å². The Morgan fingerprint density at radius 2 is 2.00 bits per heavy atom. The SMILES string of the molecule is O=C(NCc1ccc2c(c1)OCO2)c1cnn(-c2ccccn2)c1C(F)(F)F. The monoisotopic (exact) mass is 390 g/mol. The van der Waals surface area contributed by atoms with E-state index < -0.39 is 23.3 Å². The number of nitrogens with zero attached hydrogens (tertiary/aromatic N) is 3. The number of amides is 1. The highest BCUT2D eigenvalue weighted by atomic mass is 19.4. The zero-order valence-electron chi connectivity index (χ0n) is 14.2. The van der Waals surface area contributed by atoms with Gasteiger partial charge in [0.25, 0.3) is 5.91 Å². The molecule has 2 aromatic heterocycles. The molecule has 0 unspecified atom stereocenters. The molecule has 1 aliphatic heterocycles. The maximum absolute atomic E-state index is 13.6. The molecule has 144 valence electrons. The van der Waals surface area contributed by atoms with Crippen molar-refractivity contribution in [2.24, 2.45) is 0 Å². The number of alkyl halides is 3. The molecule has 28 heavy (non-hydrogen) atoms. The number of carbonyl (C=O) groups is 1. The summed E-state index contributed by atoms with van der Waals surface area (Å²) in [6, 6.07) is 9.49. The molecule has 0 saturated heterocycles. The van der Waals surface area contributed by atoms with Crippen LogP contribution in [0.1, 0.15) is 21.6 Å². The zero-order valence-corrected chi connectivity index (χ0v) is 14.2. The molecule has 0 saturated carbocycles. The van der Waals surface area contributed by atoms with E-state index >= 15 is 0 Å². The Morgan fingerprint density at radius 3 is 2.75 bits per heavy atom. The Bertz CT molecular complexity index is 1020. The van der Waals surface area contributed by atoms with E-state index in [-0.39, 0.29) is 19.2 Å². The van der Waals surface area contributed by atoms with Crippen LogP contribution in [-0.2, 0) is 12.7 Å². The number of rotatable bonds is 4. The van der Waals surface area contributed by atoms with Crippen molar-refractivity contribution in [1.82, 2.24) is 20.1 Å². The molecule has 1 aliphatic rings. The van der Waals surface area contributed by atoms with Gasteiger partial charge in [-0.2, -0.15) is 18.3 Å². The van der Waals surface area contributed by atoms with Crippen molar-refractivity contribution in [3.63, 3.8) is 0 Å². The second-order valence-corrected chi connectivity index (χ2v) is 5.87. The van der Waals surface area contributed by atoms with Crippen LogP contribution in [0.15, 0.2) is 48.8 Å². The normalized spacial score (nSPS) is 12.8. The van der Waals surface area contributed by atoms with Gasteiger partial charge in [0.1, 0.15) is 0 Å². The first-order chi connectivity index (χ1) is 13.4. The zero-order chi connectivity index (χ0) is 19.7. The van der Waals surface area contributed by atoms with Gasteiger partial charge in [0.15, 0.2) is 23.0 Å². The average molecular weight is 390 g/mol. The van der Waals surface area contributed by atoms with E-state index in [1.54, 1.807) is 24.3 Å². The number of benzene rings is 1. The van der Waals surface area contributed by atoms with Gasteiger partial charge in [-0.25, -0.2) is 9.67 Å². The van der Waals surface area contributed by atoms with Gasteiger partial charge in [0.2, 0.25) is 6.79 Å². The molecular formula is C18H13F3N4O3. The van der Waals surface area contributed by atoms with E-state index in [1.807, 2.05) is 0 Å². The molecule has 0 bridgehead atoms. The fourth-order valence-electron chi connectivity index (χ4n) is 2.77. The van der Waals surface area contributed by atoms with Gasteiger partial charge in [-0.05, 0) is 29.8 Å². The Morgan fingerprint density at radius 1 is 1.18 bits per heavy atom. The molecule has 3 aromatic rings. The molecule has 0 radical (unpaired) electrons. The highest BCUT2D eigenvalue weighted by molar-refractivity contribution is 5.95. The fourth-order valence-corrected chi connectivity index (χ4v) is 2.77. The van der Waals surface area contributed by atoms with Gasteiger partial charge in [0.05, 0.1) is 11.8 Å². The highest BCUT2D eigenvalue weighted by Gasteiger charge is 2.40. The molecule has 10 heteroatoms. The summed E-state index contributed by atoms with van der Waals surface area (Å²) < 4.78 is 51.9. The van der Waals surface area contributed by atoms with Crippen LogP contribution in [0.4, 0.5) is 13.2 Å². The minimum Gasteiger partial charge on any atom is -0.454 e. The van der Waals surface area contributed by atoms with Crippen LogP contribution in [0.25, 0.3) is 5.82 Å². The largest absolute Gasteiger partial charge is 0.454 e. The summed E-state index contributed by atoms with van der Waals surface area (Å²) in [6.45, 7) is 0.119. The lowest BCUT2D eigenvalue weighted by Gasteiger charge is -2.12. The van der Waals surface area contributed by atoms with Crippen molar-refractivity contribution in [2.45, 2.75) is 12.7 Å².